The molecule has 0 amide bonds. The van der Waals surface area contributed by atoms with Gasteiger partial charge in [0.2, 0.25) is 0 Å². The molecular weight excluding hydrogens is 585 g/mol. The molecule has 4 nitrogen and oxygen atoms in total. The third-order valence-electron chi connectivity index (χ3n) is 9.37. The number of hydrogen-bond acceptors (Lipinski definition) is 2. The van der Waals surface area contributed by atoms with E-state index in [4.69, 9.17) is 0 Å². The SMILES string of the molecule is N#Cc1cc(C#N)c(-n2c3ccccc3c3ccccc32)cc1-c1cc(-c2ccccc2)cc(-n2c3ccccc3c3ccccc32)c1. The number of fused-ring (bicyclic) bond motifs is 6. The lowest BCUT2D eigenvalue weighted by Gasteiger charge is -2.17. The van der Waals surface area contributed by atoms with E-state index in [1.807, 2.05) is 48.5 Å². The minimum atomic E-state index is 0.448. The van der Waals surface area contributed by atoms with E-state index in [9.17, 15) is 10.5 Å². The summed E-state index contributed by atoms with van der Waals surface area (Å²) in [5, 5.41) is 25.5. The Bertz CT molecular complexity index is 2700. The van der Waals surface area contributed by atoms with Crippen LogP contribution >= 0.6 is 0 Å². The summed E-state index contributed by atoms with van der Waals surface area (Å²) in [6, 6.07) is 59.0. The Kier molecular flexibility index (Phi) is 6.22. The predicted molar refractivity (Wildman–Crippen MR) is 195 cm³/mol. The minimum absolute atomic E-state index is 0.448. The van der Waals surface area contributed by atoms with Crippen LogP contribution in [0.15, 0.2) is 158 Å². The smallest absolute Gasteiger partial charge is 0.101 e. The lowest BCUT2D eigenvalue weighted by atomic mass is 9.93. The molecular formula is C44H26N4. The van der Waals surface area contributed by atoms with Crippen LogP contribution in [0.1, 0.15) is 11.1 Å². The van der Waals surface area contributed by atoms with Gasteiger partial charge in [0.05, 0.1) is 45.0 Å². The maximum atomic E-state index is 10.5. The van der Waals surface area contributed by atoms with Gasteiger partial charge in [0.1, 0.15) is 6.07 Å². The van der Waals surface area contributed by atoms with Gasteiger partial charge in [0.15, 0.2) is 0 Å². The monoisotopic (exact) mass is 610 g/mol. The molecule has 0 aliphatic rings. The minimum Gasteiger partial charge on any atom is -0.309 e. The lowest BCUT2D eigenvalue weighted by molar-refractivity contribution is 1.16. The first-order valence-corrected chi connectivity index (χ1v) is 15.9. The van der Waals surface area contributed by atoms with Gasteiger partial charge in [0.25, 0.3) is 0 Å². The van der Waals surface area contributed by atoms with Crippen molar-refractivity contribution in [1.82, 2.24) is 9.13 Å². The number of nitriles is 2. The van der Waals surface area contributed by atoms with E-state index in [2.05, 4.69) is 124 Å². The highest BCUT2D eigenvalue weighted by molar-refractivity contribution is 6.10. The van der Waals surface area contributed by atoms with Crippen LogP contribution in [0.2, 0.25) is 0 Å². The molecule has 2 aromatic heterocycles. The molecule has 0 N–H and O–H groups in total. The van der Waals surface area contributed by atoms with Gasteiger partial charge in [-0.15, -0.1) is 0 Å². The van der Waals surface area contributed by atoms with E-state index in [-0.39, 0.29) is 0 Å². The molecule has 7 aromatic carbocycles. The molecule has 0 saturated carbocycles. The van der Waals surface area contributed by atoms with Gasteiger partial charge in [-0.25, -0.2) is 0 Å². The Morgan fingerprint density at radius 2 is 0.833 bits per heavy atom. The van der Waals surface area contributed by atoms with Crippen LogP contribution in [0.5, 0.6) is 0 Å². The second-order valence-corrected chi connectivity index (χ2v) is 12.0. The zero-order chi connectivity index (χ0) is 32.2. The number of hydrogen-bond donors (Lipinski definition) is 0. The van der Waals surface area contributed by atoms with Crippen LogP contribution in [0.25, 0.3) is 77.2 Å². The van der Waals surface area contributed by atoms with Gasteiger partial charge < -0.3 is 9.13 Å². The average molecular weight is 611 g/mol. The van der Waals surface area contributed by atoms with E-state index in [0.717, 1.165) is 66.5 Å². The van der Waals surface area contributed by atoms with Crippen molar-refractivity contribution < 1.29 is 0 Å². The molecule has 0 radical (unpaired) electrons. The van der Waals surface area contributed by atoms with Crippen molar-refractivity contribution in [3.8, 4) is 45.8 Å². The van der Waals surface area contributed by atoms with Crippen molar-refractivity contribution in [3.05, 3.63) is 169 Å². The molecule has 0 bridgehead atoms. The highest BCUT2D eigenvalue weighted by Crippen LogP contribution is 2.39. The molecule has 0 atom stereocenters. The molecule has 0 aliphatic heterocycles. The Morgan fingerprint density at radius 1 is 0.375 bits per heavy atom. The van der Waals surface area contributed by atoms with Gasteiger partial charge in [-0.3, -0.25) is 0 Å². The second-order valence-electron chi connectivity index (χ2n) is 12.0. The fourth-order valence-electron chi connectivity index (χ4n) is 7.27. The zero-order valence-corrected chi connectivity index (χ0v) is 25.8. The lowest BCUT2D eigenvalue weighted by Crippen LogP contribution is -2.01. The Hall–Kier alpha value is -6.88. The first kappa shape index (κ1) is 27.4. The average Bonchev–Trinajstić information content (AvgIpc) is 3.67. The molecule has 9 aromatic rings. The summed E-state index contributed by atoms with van der Waals surface area (Å²) in [4.78, 5) is 0. The number of benzene rings is 7. The largest absolute Gasteiger partial charge is 0.309 e. The third-order valence-corrected chi connectivity index (χ3v) is 9.37. The molecule has 0 fully saturated rings. The van der Waals surface area contributed by atoms with Gasteiger partial charge in [-0.05, 0) is 71.3 Å². The van der Waals surface area contributed by atoms with E-state index in [1.165, 1.54) is 10.8 Å². The summed E-state index contributed by atoms with van der Waals surface area (Å²) in [5.74, 6) is 0. The fourth-order valence-corrected chi connectivity index (χ4v) is 7.27. The Balaban J connectivity index is 1.37. The van der Waals surface area contributed by atoms with Crippen molar-refractivity contribution in [3.63, 3.8) is 0 Å². The zero-order valence-electron chi connectivity index (χ0n) is 25.8. The number of para-hydroxylation sites is 4. The van der Waals surface area contributed by atoms with E-state index in [0.29, 0.717) is 11.1 Å². The maximum absolute atomic E-state index is 10.5. The first-order valence-electron chi connectivity index (χ1n) is 15.9. The summed E-state index contributed by atoms with van der Waals surface area (Å²) in [6.07, 6.45) is 0. The van der Waals surface area contributed by atoms with Crippen molar-refractivity contribution in [2.45, 2.75) is 0 Å². The molecule has 2 heterocycles. The van der Waals surface area contributed by atoms with Crippen molar-refractivity contribution in [2.75, 3.05) is 0 Å². The summed E-state index contributed by atoms with van der Waals surface area (Å²) in [7, 11) is 0. The maximum Gasteiger partial charge on any atom is 0.101 e. The standard InChI is InChI=1S/C44H26N4/c45-27-32-23-33(28-46)44(48-42-20-10-6-16-37(42)38-17-7-11-21-43(38)48)26-39(32)31-22-30(29-12-2-1-3-13-29)24-34(25-31)47-40-18-8-4-14-35(40)36-15-5-9-19-41(36)47/h1-26H. The number of aromatic nitrogens is 2. The molecule has 0 unspecified atom stereocenters. The van der Waals surface area contributed by atoms with E-state index >= 15 is 0 Å². The summed E-state index contributed by atoms with van der Waals surface area (Å²) >= 11 is 0. The molecule has 0 spiro atoms. The quantitative estimate of drug-likeness (QED) is 0.199. The Labute approximate surface area is 277 Å². The highest BCUT2D eigenvalue weighted by atomic mass is 15.0. The molecule has 4 heteroatoms. The van der Waals surface area contributed by atoms with Gasteiger partial charge in [0, 0.05) is 32.8 Å². The normalized spacial score (nSPS) is 11.3. The predicted octanol–water partition coefficient (Wildman–Crippen LogP) is 11.0. The molecule has 222 valence electrons. The van der Waals surface area contributed by atoms with Gasteiger partial charge in [-0.1, -0.05) is 103 Å². The first-order chi connectivity index (χ1) is 23.7. The number of nitrogens with zero attached hydrogens (tertiary/aromatic N) is 4. The summed E-state index contributed by atoms with van der Waals surface area (Å²) in [6.45, 7) is 0. The van der Waals surface area contributed by atoms with Crippen molar-refractivity contribution in [2.24, 2.45) is 0 Å². The molecule has 9 rings (SSSR count). The number of rotatable bonds is 4. The van der Waals surface area contributed by atoms with Crippen LogP contribution in [0.3, 0.4) is 0 Å². The van der Waals surface area contributed by atoms with Crippen LogP contribution < -0.4 is 0 Å². The highest BCUT2D eigenvalue weighted by Gasteiger charge is 2.20. The van der Waals surface area contributed by atoms with Crippen LogP contribution in [0, 0.1) is 22.7 Å². The van der Waals surface area contributed by atoms with Crippen molar-refractivity contribution >= 4 is 43.6 Å². The Morgan fingerprint density at radius 3 is 1.35 bits per heavy atom. The molecule has 0 aliphatic carbocycles. The fraction of sp³-hybridized carbons (Fsp3) is 0. The summed E-state index contributed by atoms with van der Waals surface area (Å²) in [5.41, 5.74) is 10.7. The molecule has 48 heavy (non-hydrogen) atoms. The third kappa shape index (κ3) is 4.14. The van der Waals surface area contributed by atoms with E-state index < -0.39 is 0 Å². The summed E-state index contributed by atoms with van der Waals surface area (Å²) < 4.78 is 4.47. The van der Waals surface area contributed by atoms with Crippen LogP contribution in [0.4, 0.5) is 0 Å². The van der Waals surface area contributed by atoms with Gasteiger partial charge >= 0.3 is 0 Å². The van der Waals surface area contributed by atoms with Crippen molar-refractivity contribution in [1.29, 1.82) is 10.5 Å². The molecule has 0 saturated heterocycles. The van der Waals surface area contributed by atoms with Crippen LogP contribution in [-0.2, 0) is 0 Å². The van der Waals surface area contributed by atoms with Gasteiger partial charge in [-0.2, -0.15) is 10.5 Å². The topological polar surface area (TPSA) is 57.4 Å². The van der Waals surface area contributed by atoms with Crippen LogP contribution in [-0.4, -0.2) is 9.13 Å². The van der Waals surface area contributed by atoms with E-state index in [1.54, 1.807) is 6.07 Å². The second kappa shape index (κ2) is 10.9.